The molecule has 0 radical (unpaired) electrons. The highest BCUT2D eigenvalue weighted by atomic mass is 35.5. The molecular weight excluding hydrogens is 332 g/mol. The van der Waals surface area contributed by atoms with Crippen molar-refractivity contribution in [2.45, 2.75) is 24.7 Å². The summed E-state index contributed by atoms with van der Waals surface area (Å²) in [5.41, 5.74) is 5.94. The van der Waals surface area contributed by atoms with Crippen LogP contribution < -0.4 is 5.73 Å². The van der Waals surface area contributed by atoms with Crippen molar-refractivity contribution >= 4 is 38.8 Å². The molecule has 1 aromatic rings. The van der Waals surface area contributed by atoms with Crippen LogP contribution in [-0.4, -0.2) is 42.5 Å². The van der Waals surface area contributed by atoms with E-state index in [0.29, 0.717) is 12.1 Å². The molecule has 8 heteroatoms. The maximum atomic E-state index is 12.6. The van der Waals surface area contributed by atoms with E-state index in [2.05, 4.69) is 0 Å². The molecule has 0 fully saturated rings. The summed E-state index contributed by atoms with van der Waals surface area (Å²) in [5, 5.41) is 9.25. The number of sulfonamides is 1. The van der Waals surface area contributed by atoms with E-state index < -0.39 is 10.0 Å². The normalized spacial score (nSPS) is 11.8. The van der Waals surface area contributed by atoms with E-state index in [-0.39, 0.29) is 28.1 Å². The van der Waals surface area contributed by atoms with Crippen molar-refractivity contribution in [3.8, 4) is 0 Å². The monoisotopic (exact) mass is 350 g/mol. The lowest BCUT2D eigenvalue weighted by molar-refractivity contribution is 0.252. The summed E-state index contributed by atoms with van der Waals surface area (Å²) in [4.78, 5) is 0.180. The average Bonchev–Trinajstić information content (AvgIpc) is 2.42. The van der Waals surface area contributed by atoms with Crippen LogP contribution in [-0.2, 0) is 10.0 Å². The Morgan fingerprint density at radius 1 is 1.43 bits per heavy atom. The van der Waals surface area contributed by atoms with Crippen molar-refractivity contribution in [1.82, 2.24) is 4.31 Å². The van der Waals surface area contributed by atoms with E-state index in [4.69, 9.17) is 34.7 Å². The van der Waals surface area contributed by atoms with Gasteiger partial charge in [-0.05, 0) is 24.6 Å². The van der Waals surface area contributed by atoms with Crippen molar-refractivity contribution in [3.63, 3.8) is 0 Å². The van der Waals surface area contributed by atoms with Gasteiger partial charge in [0.25, 0.3) is 0 Å². The van der Waals surface area contributed by atoms with Crippen LogP contribution in [0, 0.1) is 0 Å². The van der Waals surface area contributed by atoms with E-state index in [9.17, 15) is 8.42 Å². The molecule has 0 saturated heterocycles. The summed E-state index contributed by atoms with van der Waals surface area (Å²) >= 11 is 10.9. The second kappa shape index (κ2) is 8.05. The highest BCUT2D eigenvalue weighted by Crippen LogP contribution is 2.23. The zero-order chi connectivity index (χ0) is 16.0. The van der Waals surface area contributed by atoms with Crippen molar-refractivity contribution in [3.05, 3.63) is 28.8 Å². The molecule has 1 aromatic carbocycles. The summed E-state index contributed by atoms with van der Waals surface area (Å²) < 4.78 is 26.4. The average molecular weight is 351 g/mol. The Morgan fingerprint density at radius 3 is 2.57 bits per heavy atom. The highest BCUT2D eigenvalue weighted by Gasteiger charge is 2.24. The van der Waals surface area contributed by atoms with Crippen molar-refractivity contribution in [2.75, 3.05) is 19.7 Å². The minimum Gasteiger partial charge on any atom is -0.395 e. The smallest absolute Gasteiger partial charge is 0.243 e. The second-order valence-electron chi connectivity index (χ2n) is 4.49. The van der Waals surface area contributed by atoms with Gasteiger partial charge in [-0.1, -0.05) is 37.2 Å². The highest BCUT2D eigenvalue weighted by molar-refractivity contribution is 7.89. The van der Waals surface area contributed by atoms with E-state index >= 15 is 0 Å². The fourth-order valence-corrected chi connectivity index (χ4v) is 3.88. The Balaban J connectivity index is 3.15. The summed E-state index contributed by atoms with van der Waals surface area (Å²) in [6.45, 7) is 2.14. The van der Waals surface area contributed by atoms with Gasteiger partial charge >= 0.3 is 0 Å². The minimum atomic E-state index is -3.70. The Bertz CT molecular complexity index is 605. The number of hydrogen-bond acceptors (Lipinski definition) is 4. The third-order valence-corrected chi connectivity index (χ3v) is 5.38. The molecule has 0 aliphatic rings. The molecule has 0 aliphatic carbocycles. The standard InChI is InChI=1S/C13H19ClN2O3S2/c1-2-3-6-16(7-8-17)21(18,19)10-4-5-11(13(15)20)12(14)9-10/h4-5,9,17H,2-3,6-8H2,1H3,(H2,15,20). The minimum absolute atomic E-state index is 0.0526. The first-order valence-corrected chi connectivity index (χ1v) is 8.77. The number of benzene rings is 1. The number of nitrogens with two attached hydrogens (primary N) is 1. The van der Waals surface area contributed by atoms with Crippen molar-refractivity contribution < 1.29 is 13.5 Å². The van der Waals surface area contributed by atoms with Crippen LogP contribution in [0.15, 0.2) is 23.1 Å². The molecule has 0 saturated carbocycles. The van der Waals surface area contributed by atoms with Gasteiger partial charge < -0.3 is 10.8 Å². The summed E-state index contributed by atoms with van der Waals surface area (Å²) in [5.74, 6) is 0. The molecule has 0 spiro atoms. The van der Waals surface area contributed by atoms with Crippen LogP contribution in [0.2, 0.25) is 5.02 Å². The lowest BCUT2D eigenvalue weighted by atomic mass is 10.2. The summed E-state index contributed by atoms with van der Waals surface area (Å²) in [7, 11) is -3.70. The van der Waals surface area contributed by atoms with Crippen LogP contribution in [0.1, 0.15) is 25.3 Å². The molecule has 118 valence electrons. The molecule has 0 bridgehead atoms. The predicted molar refractivity (Wildman–Crippen MR) is 88.1 cm³/mol. The van der Waals surface area contributed by atoms with E-state index in [1.54, 1.807) is 0 Å². The lowest BCUT2D eigenvalue weighted by Crippen LogP contribution is -2.34. The molecule has 1 rings (SSSR count). The van der Waals surface area contributed by atoms with E-state index in [1.165, 1.54) is 22.5 Å². The molecule has 0 aromatic heterocycles. The van der Waals surface area contributed by atoms with Gasteiger partial charge in [0.1, 0.15) is 4.99 Å². The third-order valence-electron chi connectivity index (χ3n) is 2.95. The SMILES string of the molecule is CCCCN(CCO)S(=O)(=O)c1ccc(C(N)=S)c(Cl)c1. The predicted octanol–water partition coefficient (Wildman–Crippen LogP) is 1.76. The van der Waals surface area contributed by atoms with Crippen molar-refractivity contribution in [1.29, 1.82) is 0 Å². The zero-order valence-corrected chi connectivity index (χ0v) is 14.1. The fraction of sp³-hybridized carbons (Fsp3) is 0.462. The lowest BCUT2D eigenvalue weighted by Gasteiger charge is -2.21. The number of rotatable bonds is 8. The Kier molecular flexibility index (Phi) is 7.02. The van der Waals surface area contributed by atoms with Gasteiger partial charge in [0.05, 0.1) is 16.5 Å². The first kappa shape index (κ1) is 18.3. The van der Waals surface area contributed by atoms with Crippen LogP contribution in [0.4, 0.5) is 0 Å². The molecule has 0 amide bonds. The number of aliphatic hydroxyl groups is 1. The van der Waals surface area contributed by atoms with E-state index in [0.717, 1.165) is 12.8 Å². The zero-order valence-electron chi connectivity index (χ0n) is 11.8. The topological polar surface area (TPSA) is 83.6 Å². The number of thiocarbonyl (C=S) groups is 1. The first-order valence-electron chi connectivity index (χ1n) is 6.55. The van der Waals surface area contributed by atoms with Crippen LogP contribution >= 0.6 is 23.8 Å². The third kappa shape index (κ3) is 4.62. The van der Waals surface area contributed by atoms with Gasteiger partial charge in [0.15, 0.2) is 0 Å². The molecule has 5 nitrogen and oxygen atoms in total. The largest absolute Gasteiger partial charge is 0.395 e. The molecule has 0 aliphatic heterocycles. The van der Waals surface area contributed by atoms with E-state index in [1.807, 2.05) is 6.92 Å². The number of halogens is 1. The molecular formula is C13H19ClN2O3S2. The summed E-state index contributed by atoms with van der Waals surface area (Å²) in [6, 6.07) is 4.25. The van der Waals surface area contributed by atoms with Crippen LogP contribution in [0.5, 0.6) is 0 Å². The second-order valence-corrected chi connectivity index (χ2v) is 7.27. The van der Waals surface area contributed by atoms with Gasteiger partial charge in [-0.25, -0.2) is 8.42 Å². The first-order chi connectivity index (χ1) is 9.84. The van der Waals surface area contributed by atoms with Crippen LogP contribution in [0.3, 0.4) is 0 Å². The van der Waals surface area contributed by atoms with Gasteiger partial charge in [0, 0.05) is 18.7 Å². The number of unbranched alkanes of at least 4 members (excludes halogenated alkanes) is 1. The van der Waals surface area contributed by atoms with Crippen LogP contribution in [0.25, 0.3) is 0 Å². The molecule has 0 heterocycles. The number of nitrogens with zero attached hydrogens (tertiary/aromatic N) is 1. The molecule has 3 N–H and O–H groups in total. The van der Waals surface area contributed by atoms with Gasteiger partial charge in [-0.15, -0.1) is 0 Å². The van der Waals surface area contributed by atoms with Crippen molar-refractivity contribution in [2.24, 2.45) is 5.73 Å². The summed E-state index contributed by atoms with van der Waals surface area (Å²) in [6.07, 6.45) is 1.58. The fourth-order valence-electron chi connectivity index (χ4n) is 1.80. The Morgan fingerprint density at radius 2 is 2.10 bits per heavy atom. The van der Waals surface area contributed by atoms with Gasteiger partial charge in [-0.2, -0.15) is 4.31 Å². The number of aliphatic hydroxyl groups excluding tert-OH is 1. The molecule has 21 heavy (non-hydrogen) atoms. The van der Waals surface area contributed by atoms with Gasteiger partial charge in [0.2, 0.25) is 10.0 Å². The Hall–Kier alpha value is -0.730. The molecule has 0 atom stereocenters. The Labute approximate surface area is 135 Å². The quantitative estimate of drug-likeness (QED) is 0.698. The van der Waals surface area contributed by atoms with Gasteiger partial charge in [-0.3, -0.25) is 0 Å². The number of hydrogen-bond donors (Lipinski definition) is 2. The maximum Gasteiger partial charge on any atom is 0.243 e. The molecule has 0 unspecified atom stereocenters. The maximum absolute atomic E-state index is 12.6.